The number of nitrogen functional groups attached to an aromatic ring is 3. The van der Waals surface area contributed by atoms with Crippen LogP contribution in [0.3, 0.4) is 0 Å². The molecule has 3 aliphatic rings. The van der Waals surface area contributed by atoms with Crippen molar-refractivity contribution in [1.82, 2.24) is 43.6 Å². The maximum absolute atomic E-state index is 16.1. The zero-order chi connectivity index (χ0) is 93.1. The van der Waals surface area contributed by atoms with Gasteiger partial charge in [-0.05, 0) is 96.1 Å². The molecule has 120 heavy (non-hydrogen) atoms. The Morgan fingerprint density at radius 2 is 0.683 bits per heavy atom. The van der Waals surface area contributed by atoms with Crippen LogP contribution in [-0.2, 0) is 70.1 Å². The molecule has 9 aromatic rings. The Labute approximate surface area is 688 Å². The number of H-pyrrole nitrogens is 3. The van der Waals surface area contributed by atoms with Crippen molar-refractivity contribution >= 4 is 91.6 Å². The number of nitrogens with two attached hydrogens (primary N) is 3. The molecule has 3 fully saturated rings. The zero-order valence-corrected chi connectivity index (χ0v) is 68.2. The first-order valence-electron chi connectivity index (χ1n) is 39.9. The number of nitrogens with one attached hydrogen (secondary N) is 3. The lowest BCUT2D eigenvalue weighted by Crippen LogP contribution is -2.45. The molecule has 12 rings (SSSR count). The number of hydrogen-bond donors (Lipinski definition) is 9. The van der Waals surface area contributed by atoms with Crippen LogP contribution >= 0.6 is 22.8 Å². The molecule has 654 valence electrons. The van der Waals surface area contributed by atoms with E-state index in [2.05, 4.69) is 29.9 Å². The molecule has 12 N–H and O–H groups in total. The Morgan fingerprint density at radius 1 is 0.450 bits per heavy atom. The summed E-state index contributed by atoms with van der Waals surface area (Å²) in [5.41, 5.74) is 4.27. The standard InChI is InChI=1S/3C25H31F2N4O8P/c3*1-14(2)37-22(34)15(3)12-40(35,39-16-7-5-4-6-8-16)36-11-18-19(32)25(27,13-26)23(38-18)31-10-9-17-20(31)29-24(28)30-21(17)33/h3*4-10,14-15,18-19,23,32H,11-13H2,1-3H3,(H3,28,29,30,33)/t15-,18-,19+,23-,25?,40?;15-,18-,19+,23-,25?,40+;15-,18-,19+,23-,25?,40-/m111/s1/i3*11D2. The maximum atomic E-state index is 16.1. The van der Waals surface area contributed by atoms with E-state index < -0.39 is 224 Å². The van der Waals surface area contributed by atoms with E-state index in [0.717, 1.165) is 32.3 Å². The molecule has 0 radical (unpaired) electrons. The second-order valence-electron chi connectivity index (χ2n) is 28.9. The van der Waals surface area contributed by atoms with Crippen LogP contribution in [0.15, 0.2) is 142 Å². The summed E-state index contributed by atoms with van der Waals surface area (Å²) < 4.78 is 251. The van der Waals surface area contributed by atoms with Gasteiger partial charge in [-0.15, -0.1) is 0 Å². The Balaban J connectivity index is 0.000000197. The summed E-state index contributed by atoms with van der Waals surface area (Å²) in [6.45, 7) is -1.62. The highest BCUT2D eigenvalue weighted by atomic mass is 31.2. The normalized spacial score (nSPS) is 26.2. The summed E-state index contributed by atoms with van der Waals surface area (Å²) in [6.07, 6.45) is -20.6. The smallest absolute Gasteiger partial charge is 0.380 e. The number of aromatic amines is 3. The summed E-state index contributed by atoms with van der Waals surface area (Å²) in [7, 11) is -13.9. The van der Waals surface area contributed by atoms with Gasteiger partial charge in [-0.3, -0.25) is 57.3 Å². The number of alkyl halides is 6. The van der Waals surface area contributed by atoms with Crippen LogP contribution in [0.5, 0.6) is 17.2 Å². The highest BCUT2D eigenvalue weighted by Gasteiger charge is 2.62. The number of aliphatic hydroxyl groups is 3. The van der Waals surface area contributed by atoms with Crippen molar-refractivity contribution in [2.24, 2.45) is 17.8 Å². The monoisotopic (exact) mass is 1760 g/mol. The fourth-order valence-electron chi connectivity index (χ4n) is 12.4. The molecule has 0 saturated carbocycles. The van der Waals surface area contributed by atoms with Crippen molar-refractivity contribution in [3.63, 3.8) is 0 Å². The summed E-state index contributed by atoms with van der Waals surface area (Å²) in [4.78, 5) is 92.7. The molecule has 0 amide bonds. The topological polar surface area (TPSA) is 504 Å². The Morgan fingerprint density at radius 3 is 0.900 bits per heavy atom. The molecule has 0 aliphatic carbocycles. The molecule has 18 atom stereocenters. The van der Waals surface area contributed by atoms with Crippen molar-refractivity contribution in [2.75, 3.05) is 75.4 Å². The van der Waals surface area contributed by atoms with E-state index in [1.165, 1.54) is 75.4 Å². The highest BCUT2D eigenvalue weighted by Crippen LogP contribution is 2.56. The van der Waals surface area contributed by atoms with Gasteiger partial charge in [-0.2, -0.15) is 15.0 Å². The van der Waals surface area contributed by atoms with Crippen LogP contribution in [0.1, 0.15) is 89.2 Å². The fourth-order valence-corrected chi connectivity index (χ4v) is 17.5. The van der Waals surface area contributed by atoms with Crippen molar-refractivity contribution < 1.29 is 134 Å². The van der Waals surface area contributed by atoms with E-state index in [1.807, 2.05) is 0 Å². The van der Waals surface area contributed by atoms with Crippen LogP contribution in [0.2, 0.25) is 0 Å². The van der Waals surface area contributed by atoms with Crippen molar-refractivity contribution in [3.8, 4) is 17.2 Å². The lowest BCUT2D eigenvalue weighted by molar-refractivity contribution is -0.152. The Bertz CT molecular complexity index is 5170. The Hall–Kier alpha value is -9.96. The number of halogens is 6. The maximum Gasteiger partial charge on any atom is 0.380 e. The molecule has 3 aliphatic heterocycles. The number of carbonyl (C=O) groups excluding carboxylic acids is 3. The molecule has 4 unspecified atom stereocenters. The van der Waals surface area contributed by atoms with Gasteiger partial charge in [0.25, 0.3) is 16.7 Å². The number of aromatic nitrogens is 9. The minimum Gasteiger partial charge on any atom is -0.463 e. The average Bonchev–Trinajstić information content (AvgIpc) is 1.58. The first-order valence-corrected chi connectivity index (χ1v) is 42.1. The molecule has 6 aromatic heterocycles. The first-order chi connectivity index (χ1) is 58.8. The van der Waals surface area contributed by atoms with Gasteiger partial charge in [0, 0.05) is 18.6 Å². The van der Waals surface area contributed by atoms with Crippen molar-refractivity contribution in [3.05, 3.63) is 159 Å². The lowest BCUT2D eigenvalue weighted by Gasteiger charge is -2.26. The first kappa shape index (κ1) is 83.7. The minimum absolute atomic E-state index is 0.00289. The van der Waals surface area contributed by atoms with Crippen LogP contribution in [0.4, 0.5) is 44.2 Å². The van der Waals surface area contributed by atoms with Crippen LogP contribution in [-0.4, -0.2) is 207 Å². The van der Waals surface area contributed by atoms with Gasteiger partial charge in [-0.1, -0.05) is 75.4 Å². The molecule has 3 saturated heterocycles. The second kappa shape index (κ2) is 38.4. The summed E-state index contributed by atoms with van der Waals surface area (Å²) in [6, 6.07) is 26.3. The van der Waals surface area contributed by atoms with Gasteiger partial charge < -0.3 is 88.2 Å². The number of nitrogens with zero attached hydrogens (tertiary/aromatic N) is 6. The quantitative estimate of drug-likeness (QED) is 0.00800. The van der Waals surface area contributed by atoms with Crippen molar-refractivity contribution in [1.29, 1.82) is 0 Å². The van der Waals surface area contributed by atoms with Crippen LogP contribution in [0.25, 0.3) is 33.1 Å². The molecule has 36 nitrogen and oxygen atoms in total. The van der Waals surface area contributed by atoms with Crippen LogP contribution in [0, 0.1) is 17.8 Å². The van der Waals surface area contributed by atoms with E-state index >= 15 is 13.2 Å². The van der Waals surface area contributed by atoms with E-state index in [4.69, 9.17) is 81.0 Å². The minimum atomic E-state index is -4.64. The Kier molecular flexibility index (Phi) is 26.8. The lowest BCUT2D eigenvalue weighted by atomic mass is 9.97. The number of para-hydroxylation sites is 3. The SMILES string of the molecule is [2H]C([2H])(OP(=O)(C[C@@H](C)C(=O)OC(C)C)Oc1ccccc1)[C@H]1O[C@@H](n2ccc3c(=O)[nH]c(N)nc32)C(F)(CF)[C@H]1O.[2H]C([2H])(O[P@@](=O)(C[C@@H](C)C(=O)OC(C)C)Oc1ccccc1)[C@H]1O[C@@H](n2ccc3c(=O)[nH]c(N)nc32)C(F)(CF)[C@H]1O.[2H]C([2H])(O[P@](=O)(C[C@@H](C)C(=O)OC(C)C)Oc1ccccc1)[C@H]1O[C@@H](n2ccc3c(=O)[nH]c(N)nc32)C(F)(CF)[C@H]1O. The van der Waals surface area contributed by atoms with E-state index in [0.29, 0.717) is 0 Å². The van der Waals surface area contributed by atoms with Gasteiger partial charge in [-0.25, -0.2) is 40.0 Å². The zero-order valence-electron chi connectivity index (χ0n) is 71.5. The third-order valence-electron chi connectivity index (χ3n) is 18.2. The number of fused-ring (bicyclic) bond motifs is 3. The molecule has 9 heterocycles. The number of esters is 3. The third-order valence-corrected chi connectivity index (χ3v) is 23.8. The molecule has 0 spiro atoms. The number of aliphatic hydroxyl groups excluding tert-OH is 3. The highest BCUT2D eigenvalue weighted by molar-refractivity contribution is 7.55. The second-order valence-corrected chi connectivity index (χ2v) is 34.7. The number of hydrogen-bond acceptors (Lipinski definition) is 30. The average molecular weight is 1760 g/mol. The summed E-state index contributed by atoms with van der Waals surface area (Å²) >= 11 is 0. The molecular formula is C75H93F6N12O24P3. The van der Waals surface area contributed by atoms with Gasteiger partial charge in [0.15, 0.2) is 35.6 Å². The van der Waals surface area contributed by atoms with E-state index in [9.17, 15) is 71.0 Å². The predicted molar refractivity (Wildman–Crippen MR) is 421 cm³/mol. The van der Waals surface area contributed by atoms with Crippen LogP contribution < -0.4 is 47.5 Å². The molecule has 0 bridgehead atoms. The van der Waals surface area contributed by atoms with E-state index in [1.54, 1.807) is 96.1 Å². The van der Waals surface area contributed by atoms with E-state index in [-0.39, 0.29) is 68.2 Å². The van der Waals surface area contributed by atoms with Crippen molar-refractivity contribution in [2.45, 2.75) is 153 Å². The number of carbonyl (C=O) groups is 3. The van der Waals surface area contributed by atoms with Gasteiger partial charge in [0.2, 0.25) is 34.9 Å². The number of ether oxygens (including phenoxy) is 6. The van der Waals surface area contributed by atoms with Gasteiger partial charge in [0.05, 0.1) is 98.6 Å². The predicted octanol–water partition coefficient (Wildman–Crippen LogP) is 9.36. The summed E-state index contributed by atoms with van der Waals surface area (Å²) in [5.74, 6) is -6.60. The third kappa shape index (κ3) is 21.1. The number of benzene rings is 3. The van der Waals surface area contributed by atoms with Gasteiger partial charge >= 0.3 is 40.7 Å². The number of anilines is 3. The molecular weight excluding hydrogens is 1660 g/mol. The summed E-state index contributed by atoms with van der Waals surface area (Å²) in [5, 5.41) is 32.4. The number of rotatable bonds is 33. The fraction of sp³-hybridized carbons (Fsp3) is 0.480. The largest absolute Gasteiger partial charge is 0.463 e. The van der Waals surface area contributed by atoms with Gasteiger partial charge in [0.1, 0.15) is 73.9 Å². The molecule has 45 heteroatoms. The molecule has 3 aromatic carbocycles.